The molecule has 1 N–H and O–H groups in total. The number of ether oxygens (including phenoxy) is 2. The van der Waals surface area contributed by atoms with Crippen molar-refractivity contribution in [3.8, 4) is 22.8 Å². The number of benzene rings is 1. The summed E-state index contributed by atoms with van der Waals surface area (Å²) in [6, 6.07) is 6.60. The van der Waals surface area contributed by atoms with Crippen molar-refractivity contribution >= 4 is 11.5 Å². The van der Waals surface area contributed by atoms with E-state index in [0.29, 0.717) is 11.5 Å². The largest absolute Gasteiger partial charge is 0.573 e. The Balaban J connectivity index is 1.70. The molecule has 1 aliphatic rings. The van der Waals surface area contributed by atoms with Gasteiger partial charge in [0.1, 0.15) is 17.2 Å². The number of hydrogen-bond donors (Lipinski definition) is 1. The number of nitrogens with zero attached hydrogens (tertiary/aromatic N) is 4. The predicted octanol–water partition coefficient (Wildman–Crippen LogP) is 4.79. The van der Waals surface area contributed by atoms with E-state index in [0.717, 1.165) is 44.6 Å². The topological polar surface area (TPSA) is 63.9 Å². The van der Waals surface area contributed by atoms with Gasteiger partial charge in [-0.05, 0) is 50.2 Å². The van der Waals surface area contributed by atoms with Crippen molar-refractivity contribution < 1.29 is 31.4 Å². The van der Waals surface area contributed by atoms with Gasteiger partial charge in [-0.15, -0.1) is 23.4 Å². The maximum absolute atomic E-state index is 13.0. The third-order valence-electron chi connectivity index (χ3n) is 5.41. The minimum absolute atomic E-state index is 0.0634. The zero-order valence-corrected chi connectivity index (χ0v) is 17.6. The fraction of sp³-hybridized carbons (Fsp3) is 0.429. The van der Waals surface area contributed by atoms with Gasteiger partial charge in [0.2, 0.25) is 5.95 Å². The highest BCUT2D eigenvalue weighted by molar-refractivity contribution is 5.81. The summed E-state index contributed by atoms with van der Waals surface area (Å²) in [5.74, 6) is -0.731. The zero-order valence-electron chi connectivity index (χ0n) is 17.6. The molecule has 12 heteroatoms. The van der Waals surface area contributed by atoms with Gasteiger partial charge in [-0.25, -0.2) is 0 Å². The van der Waals surface area contributed by atoms with Crippen molar-refractivity contribution in [3.63, 3.8) is 0 Å². The number of piperidine rings is 1. The summed E-state index contributed by atoms with van der Waals surface area (Å²) >= 11 is 0. The molecule has 0 unspecified atom stereocenters. The summed E-state index contributed by atoms with van der Waals surface area (Å²) in [6.07, 6.45) is -1.33. The Hall–Kier alpha value is -3.15. The van der Waals surface area contributed by atoms with Crippen LogP contribution in [-0.2, 0) is 0 Å². The van der Waals surface area contributed by atoms with Crippen LogP contribution in [-0.4, -0.2) is 58.1 Å². The molecular weight excluding hydrogens is 449 g/mol. The van der Waals surface area contributed by atoms with Gasteiger partial charge >= 0.3 is 13.0 Å². The summed E-state index contributed by atoms with van der Waals surface area (Å²) in [5.41, 5.74) is 0.518. The Morgan fingerprint density at radius 3 is 2.76 bits per heavy atom. The molecule has 1 aliphatic heterocycles. The van der Waals surface area contributed by atoms with E-state index in [1.165, 1.54) is 6.07 Å². The fourth-order valence-electron chi connectivity index (χ4n) is 3.97. The molecule has 7 nitrogen and oxygen atoms in total. The van der Waals surface area contributed by atoms with E-state index in [4.69, 9.17) is 0 Å². The minimum Gasteiger partial charge on any atom is -0.435 e. The molecule has 1 saturated heterocycles. The van der Waals surface area contributed by atoms with Crippen molar-refractivity contribution in [2.45, 2.75) is 38.8 Å². The Bertz CT molecular complexity index is 1100. The van der Waals surface area contributed by atoms with Crippen LogP contribution in [0.4, 0.5) is 27.9 Å². The summed E-state index contributed by atoms with van der Waals surface area (Å²) in [4.78, 5) is 2.32. The van der Waals surface area contributed by atoms with E-state index >= 15 is 0 Å². The second-order valence-corrected chi connectivity index (χ2v) is 7.60. The fourth-order valence-corrected chi connectivity index (χ4v) is 3.97. The van der Waals surface area contributed by atoms with Gasteiger partial charge in [-0.2, -0.15) is 8.78 Å². The molecular formula is C21H22F5N5O2. The normalized spacial score (nSPS) is 17.5. The van der Waals surface area contributed by atoms with E-state index < -0.39 is 24.5 Å². The van der Waals surface area contributed by atoms with Crippen LogP contribution in [0.3, 0.4) is 0 Å². The molecule has 1 aromatic carbocycles. The highest BCUT2D eigenvalue weighted by Gasteiger charge is 2.33. The maximum atomic E-state index is 13.0. The standard InChI is InChI=1S/C21H22F5N5O2/c1-2-30-9-3-5-13(12-30)27-20-29-28-18(16-6-4-10-31(16)20)15-8-7-14(32-19(22)23)11-17(15)33-21(24,25)26/h4,6-8,10-11,13,19H,2-3,5,9,12H2,1H3,(H,27,29)/t13-/m1/s1. The Morgan fingerprint density at radius 2 is 2.03 bits per heavy atom. The third-order valence-corrected chi connectivity index (χ3v) is 5.41. The number of fused-ring (bicyclic) bond motifs is 1. The molecule has 4 rings (SSSR count). The summed E-state index contributed by atoms with van der Waals surface area (Å²) in [5, 5.41) is 11.7. The van der Waals surface area contributed by atoms with Gasteiger partial charge < -0.3 is 19.7 Å². The van der Waals surface area contributed by atoms with Crippen molar-refractivity contribution in [1.82, 2.24) is 19.5 Å². The van der Waals surface area contributed by atoms with Gasteiger partial charge in [0.25, 0.3) is 0 Å². The predicted molar refractivity (Wildman–Crippen MR) is 110 cm³/mol. The average molecular weight is 471 g/mol. The monoisotopic (exact) mass is 471 g/mol. The summed E-state index contributed by atoms with van der Waals surface area (Å²) < 4.78 is 74.1. The van der Waals surface area contributed by atoms with E-state index in [-0.39, 0.29) is 17.3 Å². The number of hydrogen-bond acceptors (Lipinski definition) is 6. The number of likely N-dealkylation sites (N-methyl/N-ethyl adjacent to an activating group) is 1. The molecule has 0 amide bonds. The smallest absolute Gasteiger partial charge is 0.435 e. The van der Waals surface area contributed by atoms with E-state index in [2.05, 4.69) is 36.8 Å². The summed E-state index contributed by atoms with van der Waals surface area (Å²) in [6.45, 7) is 1.72. The third kappa shape index (κ3) is 5.44. The molecule has 0 radical (unpaired) electrons. The summed E-state index contributed by atoms with van der Waals surface area (Å²) in [7, 11) is 0. The Labute approximate surface area is 186 Å². The van der Waals surface area contributed by atoms with E-state index in [1.807, 2.05) is 0 Å². The molecule has 0 saturated carbocycles. The van der Waals surface area contributed by atoms with Crippen LogP contribution in [0.2, 0.25) is 0 Å². The van der Waals surface area contributed by atoms with Gasteiger partial charge in [-0.3, -0.25) is 4.40 Å². The van der Waals surface area contributed by atoms with Crippen LogP contribution in [0.1, 0.15) is 19.8 Å². The van der Waals surface area contributed by atoms with Gasteiger partial charge in [0.05, 0.1) is 5.52 Å². The van der Waals surface area contributed by atoms with E-state index in [1.54, 1.807) is 22.7 Å². The molecule has 1 atom stereocenters. The molecule has 0 bridgehead atoms. The minimum atomic E-state index is -5.04. The average Bonchev–Trinajstić information content (AvgIpc) is 3.24. The van der Waals surface area contributed by atoms with Crippen LogP contribution in [0.25, 0.3) is 16.8 Å². The number of aromatic nitrogens is 3. The number of likely N-dealkylation sites (tertiary alicyclic amines) is 1. The lowest BCUT2D eigenvalue weighted by Gasteiger charge is -2.32. The van der Waals surface area contributed by atoms with E-state index in [9.17, 15) is 22.0 Å². The van der Waals surface area contributed by atoms with Gasteiger partial charge in [0.15, 0.2) is 0 Å². The Morgan fingerprint density at radius 1 is 1.21 bits per heavy atom. The first-order valence-electron chi connectivity index (χ1n) is 10.4. The lowest BCUT2D eigenvalue weighted by Crippen LogP contribution is -2.42. The van der Waals surface area contributed by atoms with Crippen LogP contribution in [0, 0.1) is 0 Å². The zero-order chi connectivity index (χ0) is 23.6. The molecule has 178 valence electrons. The van der Waals surface area contributed by atoms with Crippen molar-refractivity contribution in [1.29, 1.82) is 0 Å². The van der Waals surface area contributed by atoms with Crippen LogP contribution < -0.4 is 14.8 Å². The first-order chi connectivity index (χ1) is 15.7. The maximum Gasteiger partial charge on any atom is 0.573 e. The SMILES string of the molecule is CCN1CCC[C@@H](Nc2nnc(-c3ccc(OC(F)F)cc3OC(F)(F)F)c3cccn23)C1. The highest BCUT2D eigenvalue weighted by Crippen LogP contribution is 2.38. The van der Waals surface area contributed by atoms with Crippen molar-refractivity contribution in [2.75, 3.05) is 25.0 Å². The number of alkyl halides is 5. The Kier molecular flexibility index (Phi) is 6.54. The van der Waals surface area contributed by atoms with Crippen LogP contribution in [0.5, 0.6) is 11.5 Å². The lowest BCUT2D eigenvalue weighted by atomic mass is 10.1. The van der Waals surface area contributed by atoms with Crippen molar-refractivity contribution in [2.24, 2.45) is 0 Å². The molecule has 3 aromatic rings. The number of rotatable bonds is 7. The first kappa shape index (κ1) is 23.0. The molecule has 33 heavy (non-hydrogen) atoms. The van der Waals surface area contributed by atoms with Gasteiger partial charge in [-0.1, -0.05) is 6.92 Å². The highest BCUT2D eigenvalue weighted by atomic mass is 19.4. The lowest BCUT2D eigenvalue weighted by molar-refractivity contribution is -0.274. The molecule has 0 aliphatic carbocycles. The number of nitrogens with one attached hydrogen (secondary N) is 1. The van der Waals surface area contributed by atoms with Crippen LogP contribution >= 0.6 is 0 Å². The number of halogens is 5. The molecule has 3 heterocycles. The quantitative estimate of drug-likeness (QED) is 0.500. The van der Waals surface area contributed by atoms with Crippen molar-refractivity contribution in [3.05, 3.63) is 36.5 Å². The second kappa shape index (κ2) is 9.38. The van der Waals surface area contributed by atoms with Crippen LogP contribution in [0.15, 0.2) is 36.5 Å². The molecule has 0 spiro atoms. The van der Waals surface area contributed by atoms with Gasteiger partial charge in [0, 0.05) is 30.4 Å². The molecule has 1 fully saturated rings. The second-order valence-electron chi connectivity index (χ2n) is 7.60. The molecule has 2 aromatic heterocycles. The number of anilines is 1. The first-order valence-corrected chi connectivity index (χ1v) is 10.4.